The van der Waals surface area contributed by atoms with Crippen LogP contribution in [-0.4, -0.2) is 81.2 Å². The van der Waals surface area contributed by atoms with Crippen molar-refractivity contribution in [2.45, 2.75) is 60.0 Å². The lowest BCUT2D eigenvalue weighted by atomic mass is 9.97. The Labute approximate surface area is 177 Å². The Hall–Kier alpha value is -1.73. The zero-order chi connectivity index (χ0) is 21.9. The zero-order valence-electron chi connectivity index (χ0n) is 19.7. The Bertz CT molecular complexity index is 601. The van der Waals surface area contributed by atoms with Crippen molar-refractivity contribution >= 4 is 17.6 Å². The van der Waals surface area contributed by atoms with Crippen molar-refractivity contribution in [1.29, 1.82) is 0 Å². The molecule has 0 amide bonds. The maximum Gasteiger partial charge on any atom is 0.248 e. The molecule has 0 fully saturated rings. The molecule has 29 heavy (non-hydrogen) atoms. The number of nitrogens with zero attached hydrogens (tertiary/aromatic N) is 5. The Kier molecular flexibility index (Phi) is 11.1. The number of amidine groups is 2. The van der Waals surface area contributed by atoms with E-state index >= 15 is 0 Å². The van der Waals surface area contributed by atoms with Crippen LogP contribution in [0.25, 0.3) is 0 Å². The normalized spacial score (nSPS) is 17.3. The van der Waals surface area contributed by atoms with Gasteiger partial charge < -0.3 is 19.3 Å². The average molecular weight is 408 g/mol. The number of hydrogen-bond donors (Lipinski definition) is 0. The maximum absolute atomic E-state index is 5.76. The summed E-state index contributed by atoms with van der Waals surface area (Å²) in [5.74, 6) is 2.54. The fourth-order valence-electron chi connectivity index (χ4n) is 2.47. The summed E-state index contributed by atoms with van der Waals surface area (Å²) < 4.78 is 11.2. The molecule has 0 atom stereocenters. The molecule has 0 aromatic heterocycles. The molecule has 0 saturated carbocycles. The summed E-state index contributed by atoms with van der Waals surface area (Å²) in [5.41, 5.74) is 0.0967. The molecule has 0 radical (unpaired) electrons. The van der Waals surface area contributed by atoms with Crippen LogP contribution in [0, 0.1) is 5.41 Å². The molecular formula is C22H41N5O2. The molecule has 166 valence electrons. The van der Waals surface area contributed by atoms with Crippen molar-refractivity contribution in [1.82, 2.24) is 9.80 Å². The van der Waals surface area contributed by atoms with E-state index < -0.39 is 0 Å². The van der Waals surface area contributed by atoms with E-state index in [9.17, 15) is 0 Å². The molecule has 0 N–H and O–H groups in total. The van der Waals surface area contributed by atoms with Crippen LogP contribution < -0.4 is 0 Å². The van der Waals surface area contributed by atoms with E-state index in [0.717, 1.165) is 30.9 Å². The van der Waals surface area contributed by atoms with E-state index in [2.05, 4.69) is 30.7 Å². The summed E-state index contributed by atoms with van der Waals surface area (Å²) in [4.78, 5) is 18.3. The molecule has 7 heteroatoms. The molecular weight excluding hydrogens is 366 g/mol. The molecule has 7 nitrogen and oxygen atoms in total. The van der Waals surface area contributed by atoms with Crippen molar-refractivity contribution in [2.24, 2.45) is 20.4 Å². The molecule has 0 unspecified atom stereocenters. The van der Waals surface area contributed by atoms with Gasteiger partial charge in [-0.05, 0) is 25.7 Å². The van der Waals surface area contributed by atoms with Crippen molar-refractivity contribution in [3.8, 4) is 0 Å². The zero-order valence-corrected chi connectivity index (χ0v) is 19.7. The Morgan fingerprint density at radius 2 is 1.66 bits per heavy atom. The van der Waals surface area contributed by atoms with Crippen LogP contribution in [0.5, 0.6) is 0 Å². The van der Waals surface area contributed by atoms with E-state index in [0.29, 0.717) is 32.4 Å². The first-order valence-corrected chi connectivity index (χ1v) is 10.5. The van der Waals surface area contributed by atoms with Crippen LogP contribution in [0.1, 0.15) is 53.9 Å². The van der Waals surface area contributed by atoms with Crippen LogP contribution >= 0.6 is 0 Å². The van der Waals surface area contributed by atoms with Crippen molar-refractivity contribution < 1.29 is 9.47 Å². The van der Waals surface area contributed by atoms with Crippen LogP contribution in [0.15, 0.2) is 27.1 Å². The quantitative estimate of drug-likeness (QED) is 0.349. The van der Waals surface area contributed by atoms with Gasteiger partial charge in [-0.3, -0.25) is 0 Å². The highest BCUT2D eigenvalue weighted by Crippen LogP contribution is 2.15. The fraction of sp³-hybridized carbons (Fsp3) is 0.773. The van der Waals surface area contributed by atoms with Gasteiger partial charge in [0, 0.05) is 40.5 Å². The lowest BCUT2D eigenvalue weighted by Gasteiger charge is -2.24. The van der Waals surface area contributed by atoms with Gasteiger partial charge in [0.2, 0.25) is 5.96 Å². The Morgan fingerprint density at radius 1 is 1.03 bits per heavy atom. The third-order valence-electron chi connectivity index (χ3n) is 4.10. The number of guanidine groups is 1. The monoisotopic (exact) mass is 407 g/mol. The average Bonchev–Trinajstić information content (AvgIpc) is 2.58. The van der Waals surface area contributed by atoms with E-state index in [-0.39, 0.29) is 11.5 Å². The van der Waals surface area contributed by atoms with E-state index in [1.807, 2.05) is 52.0 Å². The summed E-state index contributed by atoms with van der Waals surface area (Å²) in [7, 11) is 6.04. The number of hydrogen-bond acceptors (Lipinski definition) is 5. The molecule has 0 bridgehead atoms. The standard InChI is InChI=1S/C22H41N5O2/c1-18(2)29-15-10-9-14-28-17-27(8)20-13-11-12-19(26(6)7)24-21(25-20)23-16-22(3,4)5/h9-10,18H,11-17H2,1-8H3. The van der Waals surface area contributed by atoms with Gasteiger partial charge >= 0.3 is 0 Å². The van der Waals surface area contributed by atoms with Gasteiger partial charge in [0.15, 0.2) is 0 Å². The highest BCUT2D eigenvalue weighted by atomic mass is 16.5. The Balaban J connectivity index is 2.74. The lowest BCUT2D eigenvalue weighted by Crippen LogP contribution is -2.32. The third-order valence-corrected chi connectivity index (χ3v) is 4.10. The highest BCUT2D eigenvalue weighted by molar-refractivity contribution is 6.03. The van der Waals surface area contributed by atoms with Gasteiger partial charge in [-0.2, -0.15) is 9.98 Å². The van der Waals surface area contributed by atoms with Crippen molar-refractivity contribution in [3.05, 3.63) is 12.2 Å². The first-order valence-electron chi connectivity index (χ1n) is 10.5. The minimum atomic E-state index is 0.0967. The Morgan fingerprint density at radius 3 is 2.28 bits per heavy atom. The summed E-state index contributed by atoms with van der Waals surface area (Å²) in [6.45, 7) is 12.9. The second-order valence-electron chi connectivity index (χ2n) is 9.03. The predicted octanol–water partition coefficient (Wildman–Crippen LogP) is 3.82. The summed E-state index contributed by atoms with van der Waals surface area (Å²) in [5, 5.41) is 0. The van der Waals surface area contributed by atoms with Gasteiger partial charge in [-0.15, -0.1) is 0 Å². The second-order valence-corrected chi connectivity index (χ2v) is 9.03. The number of ether oxygens (including phenoxy) is 2. The summed E-state index contributed by atoms with van der Waals surface area (Å²) in [6.07, 6.45) is 7.00. The first kappa shape index (κ1) is 25.3. The SMILES string of the molecule is CC(C)OCC=CCOCN(C)C1=NC(=NCC(C)(C)C)N=C(N(C)C)CCC1. The van der Waals surface area contributed by atoms with Gasteiger partial charge in [-0.1, -0.05) is 32.9 Å². The largest absolute Gasteiger partial charge is 0.375 e. The first-order chi connectivity index (χ1) is 13.6. The van der Waals surface area contributed by atoms with Gasteiger partial charge in [0.05, 0.1) is 19.3 Å². The smallest absolute Gasteiger partial charge is 0.248 e. The molecule has 0 aliphatic carbocycles. The summed E-state index contributed by atoms with van der Waals surface area (Å²) >= 11 is 0. The van der Waals surface area contributed by atoms with E-state index in [4.69, 9.17) is 19.5 Å². The predicted molar refractivity (Wildman–Crippen MR) is 123 cm³/mol. The van der Waals surface area contributed by atoms with Crippen molar-refractivity contribution in [2.75, 3.05) is 47.6 Å². The van der Waals surface area contributed by atoms with Gasteiger partial charge in [0.25, 0.3) is 0 Å². The topological polar surface area (TPSA) is 62.0 Å². The van der Waals surface area contributed by atoms with Crippen molar-refractivity contribution in [3.63, 3.8) is 0 Å². The molecule has 1 rings (SSSR count). The fourth-order valence-corrected chi connectivity index (χ4v) is 2.47. The third kappa shape index (κ3) is 11.8. The minimum Gasteiger partial charge on any atom is -0.375 e. The van der Waals surface area contributed by atoms with E-state index in [1.165, 1.54) is 0 Å². The molecule has 1 aliphatic rings. The molecule has 0 aromatic rings. The van der Waals surface area contributed by atoms with Crippen LogP contribution in [-0.2, 0) is 9.47 Å². The minimum absolute atomic E-state index is 0.0967. The molecule has 0 spiro atoms. The molecule has 1 aliphatic heterocycles. The molecule has 1 heterocycles. The van der Waals surface area contributed by atoms with Gasteiger partial charge in [-0.25, -0.2) is 4.99 Å². The number of aliphatic imine (C=N–C) groups is 3. The number of rotatable bonds is 8. The van der Waals surface area contributed by atoms with Crippen LogP contribution in [0.4, 0.5) is 0 Å². The highest BCUT2D eigenvalue weighted by Gasteiger charge is 2.16. The van der Waals surface area contributed by atoms with Crippen LogP contribution in [0.2, 0.25) is 0 Å². The summed E-state index contributed by atoms with van der Waals surface area (Å²) in [6, 6.07) is 0. The second kappa shape index (κ2) is 12.8. The lowest BCUT2D eigenvalue weighted by molar-refractivity contribution is 0.0914. The van der Waals surface area contributed by atoms with E-state index in [1.54, 1.807) is 0 Å². The van der Waals surface area contributed by atoms with Gasteiger partial charge in [0.1, 0.15) is 18.4 Å². The molecule has 0 saturated heterocycles. The van der Waals surface area contributed by atoms with Crippen LogP contribution in [0.3, 0.4) is 0 Å². The molecule has 0 aromatic carbocycles. The maximum atomic E-state index is 5.76.